The van der Waals surface area contributed by atoms with Gasteiger partial charge in [-0.3, -0.25) is 4.55 Å². The molecule has 3 aromatic rings. The SMILES string of the molecule is CCc1cccc(C)c1Nc1ccc2cc(S(=O)(=O)O)cc([O-])c2c1.[Na+]. The van der Waals surface area contributed by atoms with Crippen molar-refractivity contribution in [2.45, 2.75) is 25.2 Å². The monoisotopic (exact) mass is 379 g/mol. The Hall–Kier alpha value is -1.57. The van der Waals surface area contributed by atoms with Crippen LogP contribution < -0.4 is 40.0 Å². The smallest absolute Gasteiger partial charge is 0.872 e. The van der Waals surface area contributed by atoms with Gasteiger partial charge in [-0.1, -0.05) is 36.9 Å². The molecule has 5 nitrogen and oxygen atoms in total. The van der Waals surface area contributed by atoms with E-state index < -0.39 is 20.8 Å². The molecule has 0 aromatic heterocycles. The van der Waals surface area contributed by atoms with Gasteiger partial charge in [0.25, 0.3) is 10.1 Å². The summed E-state index contributed by atoms with van der Waals surface area (Å²) in [4.78, 5) is -0.391. The van der Waals surface area contributed by atoms with Gasteiger partial charge in [0.15, 0.2) is 0 Å². The molecule has 130 valence electrons. The molecule has 0 atom stereocenters. The van der Waals surface area contributed by atoms with Gasteiger partial charge in [-0.15, -0.1) is 0 Å². The number of nitrogens with one attached hydrogen (secondary N) is 1. The summed E-state index contributed by atoms with van der Waals surface area (Å²) in [6.45, 7) is 4.09. The molecule has 0 aliphatic rings. The Bertz CT molecular complexity index is 1060. The number of benzene rings is 3. The molecule has 2 N–H and O–H groups in total. The Kier molecular flexibility index (Phi) is 6.37. The van der Waals surface area contributed by atoms with Crippen molar-refractivity contribution in [3.63, 3.8) is 0 Å². The average molecular weight is 379 g/mol. The molecule has 0 unspecified atom stereocenters. The summed E-state index contributed by atoms with van der Waals surface area (Å²) < 4.78 is 31.6. The normalized spacial score (nSPS) is 11.2. The minimum Gasteiger partial charge on any atom is -0.872 e. The summed E-state index contributed by atoms with van der Waals surface area (Å²) in [5, 5.41) is 16.4. The second-order valence-electron chi connectivity index (χ2n) is 5.92. The van der Waals surface area contributed by atoms with E-state index in [1.165, 1.54) is 11.6 Å². The number of para-hydroxylation sites is 1. The third-order valence-corrected chi connectivity index (χ3v) is 5.03. The van der Waals surface area contributed by atoms with Gasteiger partial charge in [0, 0.05) is 11.4 Å². The summed E-state index contributed by atoms with van der Waals surface area (Å²) in [5.74, 6) is -0.450. The Morgan fingerprint density at radius 1 is 1.12 bits per heavy atom. The molecule has 0 radical (unpaired) electrons. The van der Waals surface area contributed by atoms with Gasteiger partial charge in [-0.2, -0.15) is 8.42 Å². The first-order chi connectivity index (χ1) is 11.8. The van der Waals surface area contributed by atoms with Crippen molar-refractivity contribution in [2.24, 2.45) is 0 Å². The predicted octanol–water partition coefficient (Wildman–Crippen LogP) is 0.779. The minimum atomic E-state index is -4.41. The number of hydrogen-bond donors (Lipinski definition) is 2. The second-order valence-corrected chi connectivity index (χ2v) is 7.34. The Morgan fingerprint density at radius 2 is 1.85 bits per heavy atom. The topological polar surface area (TPSA) is 89.5 Å². The molecule has 0 fully saturated rings. The molecular weight excluding hydrogens is 361 g/mol. The van der Waals surface area contributed by atoms with Gasteiger partial charge in [-0.05, 0) is 59.5 Å². The maximum absolute atomic E-state index is 12.2. The number of aryl methyl sites for hydroxylation is 2. The van der Waals surface area contributed by atoms with E-state index in [1.54, 1.807) is 18.2 Å². The van der Waals surface area contributed by atoms with Gasteiger partial charge in [0.05, 0.1) is 4.90 Å². The number of rotatable bonds is 4. The molecular formula is C19H18NNaO4S. The van der Waals surface area contributed by atoms with E-state index in [4.69, 9.17) is 4.55 Å². The van der Waals surface area contributed by atoms with Crippen molar-refractivity contribution in [3.05, 3.63) is 59.7 Å². The molecule has 0 bridgehead atoms. The largest absolute Gasteiger partial charge is 1.00 e. The quantitative estimate of drug-likeness (QED) is 0.517. The zero-order chi connectivity index (χ0) is 18.2. The summed E-state index contributed by atoms with van der Waals surface area (Å²) in [6, 6.07) is 13.4. The molecule has 26 heavy (non-hydrogen) atoms. The van der Waals surface area contributed by atoms with Crippen LogP contribution in [0, 0.1) is 6.92 Å². The fraction of sp³-hybridized carbons (Fsp3) is 0.158. The Morgan fingerprint density at radius 3 is 2.50 bits per heavy atom. The Balaban J connectivity index is 0.00000243. The minimum absolute atomic E-state index is 0. The molecule has 0 saturated heterocycles. The van der Waals surface area contributed by atoms with E-state index in [-0.39, 0.29) is 29.6 Å². The maximum atomic E-state index is 12.2. The Labute approximate surface area is 175 Å². The third-order valence-electron chi connectivity index (χ3n) is 4.20. The molecule has 0 spiro atoms. The number of fused-ring (bicyclic) bond motifs is 1. The molecule has 3 rings (SSSR count). The molecule has 7 heteroatoms. The van der Waals surface area contributed by atoms with E-state index >= 15 is 0 Å². The van der Waals surface area contributed by atoms with E-state index in [9.17, 15) is 13.5 Å². The van der Waals surface area contributed by atoms with Gasteiger partial charge < -0.3 is 10.4 Å². The van der Waals surface area contributed by atoms with Crippen molar-refractivity contribution in [3.8, 4) is 5.75 Å². The number of hydrogen-bond acceptors (Lipinski definition) is 4. The first kappa shape index (κ1) is 20.7. The van der Waals surface area contributed by atoms with Gasteiger partial charge in [-0.25, -0.2) is 0 Å². The van der Waals surface area contributed by atoms with Crippen LogP contribution in [0.15, 0.2) is 53.4 Å². The van der Waals surface area contributed by atoms with E-state index in [0.717, 1.165) is 29.4 Å². The van der Waals surface area contributed by atoms with Crippen LogP contribution in [0.1, 0.15) is 18.1 Å². The zero-order valence-electron chi connectivity index (χ0n) is 14.9. The van der Waals surface area contributed by atoms with E-state index in [2.05, 4.69) is 12.2 Å². The van der Waals surface area contributed by atoms with Gasteiger partial charge in [0.1, 0.15) is 0 Å². The second kappa shape index (κ2) is 7.98. The first-order valence-corrected chi connectivity index (χ1v) is 9.31. The van der Waals surface area contributed by atoms with Gasteiger partial charge >= 0.3 is 29.6 Å². The number of anilines is 2. The standard InChI is InChI=1S/C19H19NO4S.Na/c1-3-13-6-4-5-12(2)19(13)20-15-8-7-14-9-16(25(22,23)24)11-18(21)17(14)10-15;/h4-11,20-21H,3H2,1-2H3,(H,22,23,24);/q;+1/p-1. The van der Waals surface area contributed by atoms with Crippen molar-refractivity contribution in [2.75, 3.05) is 5.32 Å². The van der Waals surface area contributed by atoms with Crippen LogP contribution in [0.3, 0.4) is 0 Å². The third kappa shape index (κ3) is 4.22. The van der Waals surface area contributed by atoms with Gasteiger partial charge in [0.2, 0.25) is 0 Å². The van der Waals surface area contributed by atoms with Crippen molar-refractivity contribution < 1.29 is 47.6 Å². The summed E-state index contributed by atoms with van der Waals surface area (Å²) in [6.07, 6.45) is 0.877. The summed E-state index contributed by atoms with van der Waals surface area (Å²) >= 11 is 0. The van der Waals surface area contributed by atoms with Crippen LogP contribution in [-0.2, 0) is 16.5 Å². The van der Waals surface area contributed by atoms with Crippen molar-refractivity contribution in [1.29, 1.82) is 0 Å². The predicted molar refractivity (Wildman–Crippen MR) is 97.0 cm³/mol. The van der Waals surface area contributed by atoms with Crippen LogP contribution in [0.5, 0.6) is 5.75 Å². The first-order valence-electron chi connectivity index (χ1n) is 7.87. The van der Waals surface area contributed by atoms with Crippen molar-refractivity contribution >= 4 is 32.3 Å². The van der Waals surface area contributed by atoms with Crippen molar-refractivity contribution in [1.82, 2.24) is 0 Å². The summed E-state index contributed by atoms with van der Waals surface area (Å²) in [7, 11) is -4.41. The average Bonchev–Trinajstić information content (AvgIpc) is 2.56. The van der Waals surface area contributed by atoms with Crippen LogP contribution in [0.25, 0.3) is 10.8 Å². The van der Waals surface area contributed by atoms with Crippen LogP contribution >= 0.6 is 0 Å². The maximum Gasteiger partial charge on any atom is 1.00 e. The van der Waals surface area contributed by atoms with Crippen LogP contribution in [-0.4, -0.2) is 13.0 Å². The molecule has 0 saturated carbocycles. The molecule has 0 amide bonds. The molecule has 3 aromatic carbocycles. The van der Waals surface area contributed by atoms with Crippen LogP contribution in [0.2, 0.25) is 0 Å². The van der Waals surface area contributed by atoms with E-state index in [0.29, 0.717) is 10.8 Å². The fourth-order valence-corrected chi connectivity index (χ4v) is 3.40. The zero-order valence-corrected chi connectivity index (χ0v) is 17.7. The molecule has 0 heterocycles. The summed E-state index contributed by atoms with van der Waals surface area (Å²) in [5.41, 5.74) is 4.02. The van der Waals surface area contributed by atoms with Crippen LogP contribution in [0.4, 0.5) is 11.4 Å². The molecule has 0 aliphatic heterocycles. The fourth-order valence-electron chi connectivity index (χ4n) is 2.87. The molecule has 0 aliphatic carbocycles. The van der Waals surface area contributed by atoms with E-state index in [1.807, 2.05) is 25.1 Å².